The Morgan fingerprint density at radius 2 is 0.667 bits per heavy atom. The van der Waals surface area contributed by atoms with Crippen LogP contribution < -0.4 is 0 Å². The quantitative estimate of drug-likeness (QED) is 0.131. The van der Waals surface area contributed by atoms with Crippen molar-refractivity contribution in [1.29, 1.82) is 0 Å². The molecule has 0 aliphatic rings. The lowest BCUT2D eigenvalue weighted by Gasteiger charge is -2.15. The first-order valence-corrected chi connectivity index (χ1v) is 34.6. The van der Waals surface area contributed by atoms with E-state index in [1.165, 1.54) is 13.0 Å². The standard InChI is InChI=1S/2C25H16N2O.C24H22N2O.C22H18N2O/c1-16-20(17-9-4-3-5-10-17)15-21-18-11-8-12-19(22-13-6-7-14-27-22)24(18)28-25(21)23(16)26-2;1-16-15-20-18-11-8-12-19(21-13-6-7-14-27-21)24(18)28-25(20)23(26-2)22(16)17-9-4-3-5-10-17;1-14(2)18-13-19-16-9-8-10-17(20-11-6-7-12-26-20)23(16)27-24(19)21(15(3)4)22(18)25-5;1-13(2)19-20(23-4)14(3)12-17-15-8-7-9-16(21(15)25-22(17)19)18-10-5-6-11-24-18/h2*3-15H,1H3;6-15H,1-4H3;5-13H,1-3H3/i;;1D3,3D3,14D,15D;1D3,13D. The summed E-state index contributed by atoms with van der Waals surface area (Å²) in [5, 5.41) is 6.29. The molecular formula is C96H72N8O4. The zero-order valence-corrected chi connectivity index (χ0v) is 59.5. The number of furan rings is 4. The first-order chi connectivity index (χ1) is 57.3. The summed E-state index contributed by atoms with van der Waals surface area (Å²) in [6.07, 6.45) is 6.87. The van der Waals surface area contributed by atoms with Gasteiger partial charge in [-0.15, -0.1) is 0 Å². The Morgan fingerprint density at radius 3 is 1.06 bits per heavy atom. The summed E-state index contributed by atoms with van der Waals surface area (Å²) in [5.41, 5.74) is 17.6. The lowest BCUT2D eigenvalue weighted by atomic mass is 9.90. The topological polar surface area (TPSA) is 122 Å². The van der Waals surface area contributed by atoms with Crippen molar-refractivity contribution < 1.29 is 34.1 Å². The van der Waals surface area contributed by atoms with E-state index in [-0.39, 0.29) is 39.2 Å². The van der Waals surface area contributed by atoms with Crippen LogP contribution in [0.2, 0.25) is 0 Å². The first kappa shape index (κ1) is 56.4. The minimum absolute atomic E-state index is 0.00750. The second-order valence-electron chi connectivity index (χ2n) is 25.9. The van der Waals surface area contributed by atoms with Gasteiger partial charge >= 0.3 is 0 Å². The molecule has 18 rings (SSSR count). The van der Waals surface area contributed by atoms with Crippen LogP contribution in [0, 0.1) is 47.1 Å². The van der Waals surface area contributed by atoms with Gasteiger partial charge in [0.15, 0.2) is 11.4 Å². The van der Waals surface area contributed by atoms with Gasteiger partial charge in [0.05, 0.1) is 49.1 Å². The predicted octanol–water partition coefficient (Wildman–Crippen LogP) is 28.4. The largest absolute Gasteiger partial charge is 0.466 e. The molecule has 0 N–H and O–H groups in total. The Kier molecular flexibility index (Phi) is 15.5. The van der Waals surface area contributed by atoms with E-state index in [0.717, 1.165) is 119 Å². The van der Waals surface area contributed by atoms with Crippen molar-refractivity contribution in [1.82, 2.24) is 19.9 Å². The second kappa shape index (κ2) is 29.6. The summed E-state index contributed by atoms with van der Waals surface area (Å²) >= 11 is 0. The smallest absolute Gasteiger partial charge is 0.237 e. The molecule has 108 heavy (non-hydrogen) atoms. The van der Waals surface area contributed by atoms with Gasteiger partial charge in [0.1, 0.15) is 44.7 Å². The fraction of sp³-hybridized carbons (Fsp3) is 0.125. The number of aromatic nitrogens is 4. The fourth-order valence-corrected chi connectivity index (χ4v) is 14.3. The Bertz CT molecular complexity index is 7170. The number of hydrogen-bond acceptors (Lipinski definition) is 8. The molecule has 10 aromatic carbocycles. The van der Waals surface area contributed by atoms with Crippen LogP contribution in [0.4, 0.5) is 22.7 Å². The van der Waals surface area contributed by atoms with E-state index in [9.17, 15) is 0 Å². The summed E-state index contributed by atoms with van der Waals surface area (Å²) in [7, 11) is 0. The van der Waals surface area contributed by atoms with Gasteiger partial charge in [0.25, 0.3) is 0 Å². The van der Waals surface area contributed by atoms with Crippen molar-refractivity contribution in [2.45, 2.75) is 79.8 Å². The predicted molar refractivity (Wildman–Crippen MR) is 440 cm³/mol. The minimum atomic E-state index is -2.88. The molecule has 0 radical (unpaired) electrons. The molecule has 3 unspecified atom stereocenters. The van der Waals surface area contributed by atoms with E-state index in [1.54, 1.807) is 62.0 Å². The third-order valence-electron chi connectivity index (χ3n) is 19.2. The highest BCUT2D eigenvalue weighted by molar-refractivity contribution is 6.17. The highest BCUT2D eigenvalue weighted by Gasteiger charge is 2.27. The van der Waals surface area contributed by atoms with Crippen molar-refractivity contribution in [2.24, 2.45) is 0 Å². The van der Waals surface area contributed by atoms with Crippen LogP contribution in [0.5, 0.6) is 0 Å². The normalized spacial score (nSPS) is 14.8. The van der Waals surface area contributed by atoms with Crippen LogP contribution in [-0.4, -0.2) is 19.9 Å². The van der Waals surface area contributed by atoms with Crippen molar-refractivity contribution >= 4 is 111 Å². The van der Waals surface area contributed by atoms with Crippen molar-refractivity contribution in [3.05, 3.63) is 334 Å². The number of aryl methyl sites for hydroxylation is 2. The Morgan fingerprint density at radius 1 is 0.315 bits per heavy atom. The van der Waals surface area contributed by atoms with Gasteiger partial charge in [-0.25, -0.2) is 19.4 Å². The molecule has 0 spiro atoms. The molecule has 8 heterocycles. The number of rotatable bonds is 9. The highest BCUT2D eigenvalue weighted by atomic mass is 16.3. The van der Waals surface area contributed by atoms with Crippen LogP contribution in [0.25, 0.3) is 174 Å². The average Bonchev–Trinajstić information content (AvgIpc) is 1.30. The molecular weight excluding hydrogens is 1330 g/mol. The van der Waals surface area contributed by atoms with E-state index in [0.29, 0.717) is 66.7 Å². The summed E-state index contributed by atoms with van der Waals surface area (Å²) in [6, 6.07) is 73.4. The summed E-state index contributed by atoms with van der Waals surface area (Å²) in [6.45, 7) is 32.1. The second-order valence-corrected chi connectivity index (χ2v) is 25.9. The van der Waals surface area contributed by atoms with Gasteiger partial charge in [-0.2, -0.15) is 0 Å². The number of fused-ring (bicyclic) bond motifs is 12. The maximum absolute atomic E-state index is 8.81. The molecule has 0 fully saturated rings. The van der Waals surface area contributed by atoms with Crippen LogP contribution in [0.15, 0.2) is 273 Å². The van der Waals surface area contributed by atoms with Crippen LogP contribution in [0.3, 0.4) is 0 Å². The molecule has 18 aromatic rings. The summed E-state index contributed by atoms with van der Waals surface area (Å²) in [5.74, 6) is -6.58. The molecule has 0 saturated heterocycles. The SMILES string of the molecule is [2H]C([2H])([2H])C([2H])(C)c1c([N+]#[C-])c(C)cc2c1oc1c(-c3ccccn3)cccc12.[2H]C([2H])([2H])C([2H])(C)c1cc2c(oc3c(-c4ccccn4)cccc32)c(C([2H])(C)C([2H])([2H])[2H])c1[N+]#[C-].[C-]#[N+]c1c(-c2ccccc2)c(C)cc2c1oc1c(-c3ccccn3)cccc12.[C-]#[N+]c1c(C)c(-c2ccccc2)cc2c1oc1c(-c3ccccn3)cccc12. The Balaban J connectivity index is 0.000000125. The van der Waals surface area contributed by atoms with E-state index < -0.39 is 38.2 Å². The van der Waals surface area contributed by atoms with Gasteiger partial charge in [-0.05, 0) is 162 Å². The Hall–Kier alpha value is -14.0. The van der Waals surface area contributed by atoms with Crippen LogP contribution in [0.1, 0.15) is 109 Å². The third kappa shape index (κ3) is 12.6. The highest BCUT2D eigenvalue weighted by Crippen LogP contribution is 2.50. The maximum Gasteiger partial charge on any atom is 0.237 e. The monoisotopic (exact) mass is 1410 g/mol. The third-order valence-corrected chi connectivity index (χ3v) is 19.2. The molecule has 12 heteroatoms. The summed E-state index contributed by atoms with van der Waals surface area (Å²) in [4.78, 5) is 32.4. The van der Waals surface area contributed by atoms with Crippen LogP contribution in [-0.2, 0) is 0 Å². The van der Waals surface area contributed by atoms with E-state index in [2.05, 4.69) is 70.5 Å². The average molecular weight is 1410 g/mol. The molecule has 0 bridgehead atoms. The van der Waals surface area contributed by atoms with Crippen molar-refractivity contribution in [2.75, 3.05) is 0 Å². The summed E-state index contributed by atoms with van der Waals surface area (Å²) < 4.78 is 123. The molecule has 0 amide bonds. The zero-order valence-electron chi connectivity index (χ0n) is 71.5. The fourth-order valence-electron chi connectivity index (χ4n) is 14.3. The van der Waals surface area contributed by atoms with Gasteiger partial charge in [-0.1, -0.05) is 192 Å². The molecule has 3 atom stereocenters. The van der Waals surface area contributed by atoms with E-state index >= 15 is 0 Å². The molecule has 8 aromatic heterocycles. The van der Waals surface area contributed by atoms with Crippen LogP contribution >= 0.6 is 0 Å². The first-order valence-electron chi connectivity index (χ1n) is 40.6. The lowest BCUT2D eigenvalue weighted by molar-refractivity contribution is 0.657. The molecule has 0 aliphatic carbocycles. The number of para-hydroxylation sites is 4. The minimum Gasteiger partial charge on any atom is -0.466 e. The molecule has 520 valence electrons. The zero-order chi connectivity index (χ0) is 85.1. The number of hydrogen-bond donors (Lipinski definition) is 0. The van der Waals surface area contributed by atoms with Gasteiger partial charge < -0.3 is 17.7 Å². The van der Waals surface area contributed by atoms with Crippen molar-refractivity contribution in [3.8, 4) is 67.3 Å². The molecule has 0 aliphatic heterocycles. The van der Waals surface area contributed by atoms with Gasteiger partial charge in [0, 0.05) is 118 Å². The number of nitrogens with zero attached hydrogens (tertiary/aromatic N) is 8. The lowest BCUT2D eigenvalue weighted by Crippen LogP contribution is -1.95. The van der Waals surface area contributed by atoms with E-state index in [1.807, 2.05) is 177 Å². The molecule has 12 nitrogen and oxygen atoms in total. The van der Waals surface area contributed by atoms with Crippen molar-refractivity contribution in [3.63, 3.8) is 0 Å². The Labute approximate surface area is 643 Å². The number of benzene rings is 10. The number of pyridine rings is 4. The van der Waals surface area contributed by atoms with Gasteiger partial charge in [0.2, 0.25) is 11.4 Å². The molecule has 0 saturated carbocycles. The maximum atomic E-state index is 8.81. The van der Waals surface area contributed by atoms with E-state index in [4.69, 9.17) is 60.4 Å². The van der Waals surface area contributed by atoms with Gasteiger partial charge in [-0.3, -0.25) is 19.9 Å².